The zero-order chi connectivity index (χ0) is 11.8. The Kier molecular flexibility index (Phi) is 6.08. The minimum absolute atomic E-state index is 0.298. The number of likely N-dealkylation sites (N-methyl/N-ethyl adjacent to an activating group) is 2. The lowest BCUT2D eigenvalue weighted by atomic mass is 10.2. The van der Waals surface area contributed by atoms with E-state index in [0.717, 1.165) is 13.1 Å². The Labute approximate surface area is 98.1 Å². The zero-order valence-corrected chi connectivity index (χ0v) is 10.2. The summed E-state index contributed by atoms with van der Waals surface area (Å²) in [5, 5.41) is 12.9. The largest absolute Gasteiger partial charge is 0.390 e. The van der Waals surface area contributed by atoms with Crippen LogP contribution in [-0.2, 0) is 6.54 Å². The summed E-state index contributed by atoms with van der Waals surface area (Å²) in [4.78, 5) is 2.14. The van der Waals surface area contributed by atoms with Gasteiger partial charge in [-0.1, -0.05) is 37.3 Å². The standard InChI is InChI=1S/C13H22N2O/c1-3-14-9-13(16)11-15(2)10-12-7-5-4-6-8-12/h4-8,13-14,16H,3,9-11H2,1-2H3. The first-order valence-corrected chi connectivity index (χ1v) is 5.83. The first-order valence-electron chi connectivity index (χ1n) is 5.83. The zero-order valence-electron chi connectivity index (χ0n) is 10.2. The molecule has 1 aromatic carbocycles. The molecule has 0 heterocycles. The molecule has 2 N–H and O–H groups in total. The second kappa shape index (κ2) is 7.39. The van der Waals surface area contributed by atoms with E-state index in [2.05, 4.69) is 22.3 Å². The summed E-state index contributed by atoms with van der Waals surface area (Å²) in [7, 11) is 2.03. The normalized spacial score (nSPS) is 13.0. The number of aliphatic hydroxyl groups is 1. The Morgan fingerprint density at radius 1 is 1.31 bits per heavy atom. The van der Waals surface area contributed by atoms with Crippen molar-refractivity contribution in [1.82, 2.24) is 10.2 Å². The number of rotatable bonds is 7. The van der Waals surface area contributed by atoms with Gasteiger partial charge in [-0.05, 0) is 19.2 Å². The highest BCUT2D eigenvalue weighted by Crippen LogP contribution is 2.02. The molecule has 1 aromatic rings. The predicted molar refractivity (Wildman–Crippen MR) is 67.3 cm³/mol. The van der Waals surface area contributed by atoms with Gasteiger partial charge in [0, 0.05) is 19.6 Å². The maximum atomic E-state index is 9.72. The first-order chi connectivity index (χ1) is 7.72. The maximum Gasteiger partial charge on any atom is 0.0791 e. The van der Waals surface area contributed by atoms with E-state index >= 15 is 0 Å². The summed E-state index contributed by atoms with van der Waals surface area (Å²) >= 11 is 0. The number of hydrogen-bond acceptors (Lipinski definition) is 3. The van der Waals surface area contributed by atoms with Crippen LogP contribution in [0.1, 0.15) is 12.5 Å². The summed E-state index contributed by atoms with van der Waals surface area (Å²) in [5.41, 5.74) is 1.28. The fraction of sp³-hybridized carbons (Fsp3) is 0.538. The van der Waals surface area contributed by atoms with Crippen LogP contribution in [0.5, 0.6) is 0 Å². The number of hydrogen-bond donors (Lipinski definition) is 2. The number of nitrogens with one attached hydrogen (secondary N) is 1. The smallest absolute Gasteiger partial charge is 0.0791 e. The molecule has 1 unspecified atom stereocenters. The van der Waals surface area contributed by atoms with Crippen molar-refractivity contribution < 1.29 is 5.11 Å². The molecule has 90 valence electrons. The molecular weight excluding hydrogens is 200 g/mol. The van der Waals surface area contributed by atoms with Crippen LogP contribution < -0.4 is 5.32 Å². The molecule has 0 saturated heterocycles. The van der Waals surface area contributed by atoms with Crippen LogP contribution >= 0.6 is 0 Å². The van der Waals surface area contributed by atoms with Crippen molar-refractivity contribution in [2.24, 2.45) is 0 Å². The summed E-state index contributed by atoms with van der Waals surface area (Å²) in [5.74, 6) is 0. The van der Waals surface area contributed by atoms with Crippen molar-refractivity contribution in [2.75, 3.05) is 26.7 Å². The van der Waals surface area contributed by atoms with Gasteiger partial charge in [0.05, 0.1) is 6.10 Å². The molecule has 1 atom stereocenters. The topological polar surface area (TPSA) is 35.5 Å². The minimum Gasteiger partial charge on any atom is -0.390 e. The van der Waals surface area contributed by atoms with Gasteiger partial charge in [0.2, 0.25) is 0 Å². The van der Waals surface area contributed by atoms with Crippen LogP contribution in [-0.4, -0.2) is 42.8 Å². The van der Waals surface area contributed by atoms with Crippen LogP contribution in [0.3, 0.4) is 0 Å². The van der Waals surface area contributed by atoms with E-state index < -0.39 is 0 Å². The van der Waals surface area contributed by atoms with E-state index in [1.807, 2.05) is 32.2 Å². The lowest BCUT2D eigenvalue weighted by Gasteiger charge is -2.20. The first kappa shape index (κ1) is 13.2. The molecule has 0 amide bonds. The molecule has 0 radical (unpaired) electrons. The second-order valence-corrected chi connectivity index (χ2v) is 4.14. The molecule has 1 rings (SSSR count). The van der Waals surface area contributed by atoms with Crippen molar-refractivity contribution in [1.29, 1.82) is 0 Å². The van der Waals surface area contributed by atoms with E-state index in [1.54, 1.807) is 0 Å². The van der Waals surface area contributed by atoms with Gasteiger partial charge in [-0.15, -0.1) is 0 Å². The van der Waals surface area contributed by atoms with E-state index in [1.165, 1.54) is 5.56 Å². The molecule has 3 heteroatoms. The Bertz CT molecular complexity index is 277. The molecule has 0 bridgehead atoms. The fourth-order valence-electron chi connectivity index (χ4n) is 1.69. The third kappa shape index (κ3) is 5.26. The van der Waals surface area contributed by atoms with E-state index in [-0.39, 0.29) is 6.10 Å². The minimum atomic E-state index is -0.298. The monoisotopic (exact) mass is 222 g/mol. The summed E-state index contributed by atoms with van der Waals surface area (Å²) in [6.07, 6.45) is -0.298. The van der Waals surface area contributed by atoms with E-state index in [9.17, 15) is 5.11 Å². The average Bonchev–Trinajstić information content (AvgIpc) is 2.27. The third-order valence-electron chi connectivity index (χ3n) is 2.45. The maximum absolute atomic E-state index is 9.72. The van der Waals surface area contributed by atoms with Crippen LogP contribution in [0, 0.1) is 0 Å². The number of benzene rings is 1. The van der Waals surface area contributed by atoms with Crippen molar-refractivity contribution in [2.45, 2.75) is 19.6 Å². The predicted octanol–water partition coefficient (Wildman–Crippen LogP) is 1.09. The van der Waals surface area contributed by atoms with Gasteiger partial charge in [0.25, 0.3) is 0 Å². The SMILES string of the molecule is CCNCC(O)CN(C)Cc1ccccc1. The van der Waals surface area contributed by atoms with Gasteiger partial charge < -0.3 is 10.4 Å². The fourth-order valence-corrected chi connectivity index (χ4v) is 1.69. The molecule has 3 nitrogen and oxygen atoms in total. The molecule has 0 aromatic heterocycles. The highest BCUT2D eigenvalue weighted by atomic mass is 16.3. The van der Waals surface area contributed by atoms with Crippen LogP contribution in [0.2, 0.25) is 0 Å². The highest BCUT2D eigenvalue weighted by Gasteiger charge is 2.07. The second-order valence-electron chi connectivity index (χ2n) is 4.14. The Balaban J connectivity index is 2.27. The number of nitrogens with zero attached hydrogens (tertiary/aromatic N) is 1. The van der Waals surface area contributed by atoms with Crippen LogP contribution in [0.25, 0.3) is 0 Å². The molecular formula is C13H22N2O. The summed E-state index contributed by atoms with van der Waals surface area (Å²) in [6.45, 7) is 5.18. The molecule has 16 heavy (non-hydrogen) atoms. The van der Waals surface area contributed by atoms with Gasteiger partial charge in [-0.25, -0.2) is 0 Å². The van der Waals surface area contributed by atoms with Gasteiger partial charge in [0.1, 0.15) is 0 Å². The van der Waals surface area contributed by atoms with Crippen molar-refractivity contribution in [3.63, 3.8) is 0 Å². The molecule has 0 aliphatic heterocycles. The van der Waals surface area contributed by atoms with Gasteiger partial charge in [-0.2, -0.15) is 0 Å². The lowest BCUT2D eigenvalue weighted by molar-refractivity contribution is 0.122. The van der Waals surface area contributed by atoms with Gasteiger partial charge in [0.15, 0.2) is 0 Å². The summed E-state index contributed by atoms with van der Waals surface area (Å²) in [6, 6.07) is 10.3. The molecule has 0 saturated carbocycles. The highest BCUT2D eigenvalue weighted by molar-refractivity contribution is 5.14. The third-order valence-corrected chi connectivity index (χ3v) is 2.45. The van der Waals surface area contributed by atoms with Crippen LogP contribution in [0.4, 0.5) is 0 Å². The molecule has 0 aliphatic rings. The summed E-state index contributed by atoms with van der Waals surface area (Å²) < 4.78 is 0. The Hall–Kier alpha value is -0.900. The Morgan fingerprint density at radius 2 is 2.00 bits per heavy atom. The average molecular weight is 222 g/mol. The van der Waals surface area contributed by atoms with Crippen LogP contribution in [0.15, 0.2) is 30.3 Å². The molecule has 0 spiro atoms. The van der Waals surface area contributed by atoms with Crippen molar-refractivity contribution >= 4 is 0 Å². The van der Waals surface area contributed by atoms with Crippen molar-refractivity contribution in [3.8, 4) is 0 Å². The van der Waals surface area contributed by atoms with Crippen molar-refractivity contribution in [3.05, 3.63) is 35.9 Å². The van der Waals surface area contributed by atoms with E-state index in [4.69, 9.17) is 0 Å². The van der Waals surface area contributed by atoms with E-state index in [0.29, 0.717) is 13.1 Å². The quantitative estimate of drug-likeness (QED) is 0.725. The van der Waals surface area contributed by atoms with Gasteiger partial charge in [-0.3, -0.25) is 4.90 Å². The Morgan fingerprint density at radius 3 is 2.62 bits per heavy atom. The number of aliphatic hydroxyl groups excluding tert-OH is 1. The van der Waals surface area contributed by atoms with Gasteiger partial charge >= 0.3 is 0 Å². The lowest BCUT2D eigenvalue weighted by Crippen LogP contribution is -2.36. The molecule has 0 fully saturated rings. The molecule has 0 aliphatic carbocycles.